The molecule has 0 aliphatic carbocycles. The molecule has 5 heteroatoms. The lowest BCUT2D eigenvalue weighted by molar-refractivity contribution is 0.102. The fourth-order valence-corrected chi connectivity index (χ4v) is 3.76. The van der Waals surface area contributed by atoms with E-state index < -0.39 is 0 Å². The molecule has 138 valence electrons. The third-order valence-corrected chi connectivity index (χ3v) is 5.30. The Balaban J connectivity index is 1.84. The van der Waals surface area contributed by atoms with Crippen LogP contribution in [0.5, 0.6) is 0 Å². The molecule has 2 aromatic carbocycles. The SMILES string of the molecule is C=CCn1c(SCC(=O)c2cc(C)ccc2C)nnc1-c1cccc(C)c1. The largest absolute Gasteiger partial charge is 0.298 e. The lowest BCUT2D eigenvalue weighted by Gasteiger charge is -2.09. The molecule has 1 aromatic heterocycles. The van der Waals surface area contributed by atoms with Gasteiger partial charge in [0.2, 0.25) is 0 Å². The van der Waals surface area contributed by atoms with E-state index in [4.69, 9.17) is 0 Å². The number of carbonyl (C=O) groups excluding carboxylic acids is 1. The number of hydrogen-bond donors (Lipinski definition) is 0. The molecule has 0 aliphatic rings. The summed E-state index contributed by atoms with van der Waals surface area (Å²) in [5.74, 6) is 1.22. The number of ketones is 1. The first-order chi connectivity index (χ1) is 13.0. The normalized spacial score (nSPS) is 10.8. The van der Waals surface area contributed by atoms with Crippen molar-refractivity contribution in [2.45, 2.75) is 32.5 Å². The van der Waals surface area contributed by atoms with Gasteiger partial charge in [-0.05, 0) is 38.5 Å². The van der Waals surface area contributed by atoms with Crippen molar-refractivity contribution in [1.29, 1.82) is 0 Å². The molecule has 0 saturated heterocycles. The quantitative estimate of drug-likeness (QED) is 0.329. The molecule has 0 fully saturated rings. The van der Waals surface area contributed by atoms with Gasteiger partial charge in [-0.3, -0.25) is 9.36 Å². The number of allylic oxidation sites excluding steroid dienone is 1. The third kappa shape index (κ3) is 4.37. The zero-order chi connectivity index (χ0) is 19.4. The number of nitrogens with zero attached hydrogens (tertiary/aromatic N) is 3. The molecular formula is C22H23N3OS. The monoisotopic (exact) mass is 377 g/mol. The van der Waals surface area contributed by atoms with Gasteiger partial charge in [0.15, 0.2) is 16.8 Å². The highest BCUT2D eigenvalue weighted by Crippen LogP contribution is 2.25. The Labute approximate surface area is 164 Å². The van der Waals surface area contributed by atoms with Crippen molar-refractivity contribution in [2.75, 3.05) is 5.75 Å². The van der Waals surface area contributed by atoms with Gasteiger partial charge >= 0.3 is 0 Å². The van der Waals surface area contributed by atoms with Crippen LogP contribution < -0.4 is 0 Å². The summed E-state index contributed by atoms with van der Waals surface area (Å²) < 4.78 is 2.00. The maximum Gasteiger partial charge on any atom is 0.192 e. The van der Waals surface area contributed by atoms with Gasteiger partial charge in [0.05, 0.1) is 5.75 Å². The molecule has 0 aliphatic heterocycles. The standard InChI is InChI=1S/C22H23N3OS/c1-5-11-25-21(18-8-6-7-15(2)12-18)23-24-22(25)27-14-20(26)19-13-16(3)9-10-17(19)4/h5-10,12-13H,1,11,14H2,2-4H3. The second-order valence-corrected chi connectivity index (χ2v) is 7.55. The van der Waals surface area contributed by atoms with Crippen LogP contribution in [0.2, 0.25) is 0 Å². The minimum atomic E-state index is 0.103. The Morgan fingerprint density at radius 3 is 2.63 bits per heavy atom. The van der Waals surface area contributed by atoms with Crippen molar-refractivity contribution in [3.05, 3.63) is 77.4 Å². The molecule has 0 spiro atoms. The summed E-state index contributed by atoms with van der Waals surface area (Å²) in [5, 5.41) is 9.41. The first kappa shape index (κ1) is 19.1. The molecule has 0 amide bonds. The van der Waals surface area contributed by atoms with E-state index in [9.17, 15) is 4.79 Å². The van der Waals surface area contributed by atoms with Crippen LogP contribution in [0.1, 0.15) is 27.0 Å². The summed E-state index contributed by atoms with van der Waals surface area (Å²) in [6, 6.07) is 14.1. The Bertz CT molecular complexity index is 991. The van der Waals surface area contributed by atoms with Crippen molar-refractivity contribution in [3.8, 4) is 11.4 Å². The molecule has 3 rings (SSSR count). The maximum atomic E-state index is 12.7. The number of rotatable bonds is 7. The van der Waals surface area contributed by atoms with E-state index in [0.717, 1.165) is 33.2 Å². The summed E-state index contributed by atoms with van der Waals surface area (Å²) in [7, 11) is 0. The molecule has 4 nitrogen and oxygen atoms in total. The molecule has 0 bridgehead atoms. The average Bonchev–Trinajstić information content (AvgIpc) is 3.05. The van der Waals surface area contributed by atoms with E-state index in [-0.39, 0.29) is 5.78 Å². The van der Waals surface area contributed by atoms with Gasteiger partial charge in [0, 0.05) is 17.7 Å². The van der Waals surface area contributed by atoms with E-state index >= 15 is 0 Å². The lowest BCUT2D eigenvalue weighted by atomic mass is 10.0. The van der Waals surface area contributed by atoms with E-state index in [1.165, 1.54) is 17.3 Å². The number of hydrogen-bond acceptors (Lipinski definition) is 4. The van der Waals surface area contributed by atoms with Crippen LogP contribution in [0.3, 0.4) is 0 Å². The molecule has 0 saturated carbocycles. The number of aromatic nitrogens is 3. The molecule has 27 heavy (non-hydrogen) atoms. The predicted molar refractivity (Wildman–Crippen MR) is 111 cm³/mol. The molecule has 0 radical (unpaired) electrons. The van der Waals surface area contributed by atoms with Gasteiger partial charge in [0.1, 0.15) is 0 Å². The number of Topliss-reactive ketones (excluding diaryl/α,β-unsaturated/α-hetero) is 1. The summed E-state index contributed by atoms with van der Waals surface area (Å²) in [5.41, 5.74) is 5.04. The van der Waals surface area contributed by atoms with E-state index in [1.807, 2.05) is 54.8 Å². The molecule has 3 aromatic rings. The summed E-state index contributed by atoms with van der Waals surface area (Å²) in [6.07, 6.45) is 1.82. The van der Waals surface area contributed by atoms with Crippen LogP contribution in [0.25, 0.3) is 11.4 Å². The van der Waals surface area contributed by atoms with Gasteiger partial charge < -0.3 is 0 Å². The fraction of sp³-hybridized carbons (Fsp3) is 0.227. The molecule has 0 N–H and O–H groups in total. The zero-order valence-corrected chi connectivity index (χ0v) is 16.7. The Morgan fingerprint density at radius 2 is 1.89 bits per heavy atom. The van der Waals surface area contributed by atoms with Crippen LogP contribution in [0, 0.1) is 20.8 Å². The predicted octanol–water partition coefficient (Wildman–Crippen LogP) is 5.03. The van der Waals surface area contributed by atoms with Crippen LogP contribution in [0.15, 0.2) is 60.3 Å². The Kier molecular flexibility index (Phi) is 5.91. The molecule has 0 atom stereocenters. The summed E-state index contributed by atoms with van der Waals surface area (Å²) >= 11 is 1.42. The Hall–Kier alpha value is -2.66. The van der Waals surface area contributed by atoms with E-state index in [2.05, 4.69) is 35.8 Å². The first-order valence-corrected chi connectivity index (χ1v) is 9.82. The first-order valence-electron chi connectivity index (χ1n) is 8.84. The highest BCUT2D eigenvalue weighted by molar-refractivity contribution is 7.99. The smallest absolute Gasteiger partial charge is 0.192 e. The van der Waals surface area contributed by atoms with Crippen LogP contribution >= 0.6 is 11.8 Å². The number of aryl methyl sites for hydroxylation is 3. The van der Waals surface area contributed by atoms with Crippen molar-refractivity contribution >= 4 is 17.5 Å². The van der Waals surface area contributed by atoms with Gasteiger partial charge in [-0.1, -0.05) is 59.3 Å². The maximum absolute atomic E-state index is 12.7. The zero-order valence-electron chi connectivity index (χ0n) is 15.9. The van der Waals surface area contributed by atoms with Crippen molar-refractivity contribution < 1.29 is 4.79 Å². The van der Waals surface area contributed by atoms with Gasteiger partial charge in [-0.15, -0.1) is 16.8 Å². The van der Waals surface area contributed by atoms with E-state index in [1.54, 1.807) is 0 Å². The second kappa shape index (κ2) is 8.35. The van der Waals surface area contributed by atoms with Crippen molar-refractivity contribution in [2.24, 2.45) is 0 Å². The molecular weight excluding hydrogens is 354 g/mol. The third-order valence-electron chi connectivity index (χ3n) is 4.33. The lowest BCUT2D eigenvalue weighted by Crippen LogP contribution is -2.07. The molecule has 0 unspecified atom stereocenters. The highest BCUT2D eigenvalue weighted by atomic mass is 32.2. The van der Waals surface area contributed by atoms with Gasteiger partial charge in [-0.25, -0.2) is 0 Å². The van der Waals surface area contributed by atoms with Crippen LogP contribution in [0.4, 0.5) is 0 Å². The van der Waals surface area contributed by atoms with Crippen molar-refractivity contribution in [1.82, 2.24) is 14.8 Å². The summed E-state index contributed by atoms with van der Waals surface area (Å²) in [6.45, 7) is 10.4. The summed E-state index contributed by atoms with van der Waals surface area (Å²) in [4.78, 5) is 12.7. The Morgan fingerprint density at radius 1 is 1.11 bits per heavy atom. The van der Waals surface area contributed by atoms with Crippen molar-refractivity contribution in [3.63, 3.8) is 0 Å². The van der Waals surface area contributed by atoms with Gasteiger partial charge in [0.25, 0.3) is 0 Å². The second-order valence-electron chi connectivity index (χ2n) is 6.61. The minimum absolute atomic E-state index is 0.103. The number of thioether (sulfide) groups is 1. The fourth-order valence-electron chi connectivity index (χ4n) is 2.93. The highest BCUT2D eigenvalue weighted by Gasteiger charge is 2.16. The van der Waals surface area contributed by atoms with Crippen LogP contribution in [-0.4, -0.2) is 26.3 Å². The average molecular weight is 378 g/mol. The van der Waals surface area contributed by atoms with E-state index in [0.29, 0.717) is 12.3 Å². The number of carbonyl (C=O) groups is 1. The minimum Gasteiger partial charge on any atom is -0.298 e. The van der Waals surface area contributed by atoms with Gasteiger partial charge in [-0.2, -0.15) is 0 Å². The number of benzene rings is 2. The van der Waals surface area contributed by atoms with Crippen LogP contribution in [-0.2, 0) is 6.54 Å². The topological polar surface area (TPSA) is 47.8 Å². The molecule has 1 heterocycles.